The molecule has 6 rings (SSSR count). The average molecular weight is 532 g/mol. The summed E-state index contributed by atoms with van der Waals surface area (Å²) >= 11 is 0. The first kappa shape index (κ1) is 24.8. The number of carbonyl (C=O) groups is 1. The van der Waals surface area contributed by atoms with Gasteiger partial charge in [-0.25, -0.2) is 4.39 Å². The number of fused-ring (bicyclic) bond motifs is 3. The van der Waals surface area contributed by atoms with Crippen LogP contribution in [0.4, 0.5) is 4.39 Å². The summed E-state index contributed by atoms with van der Waals surface area (Å²) < 4.78 is 42.5. The number of amides is 1. The van der Waals surface area contributed by atoms with Crippen LogP contribution in [0.1, 0.15) is 47.1 Å². The van der Waals surface area contributed by atoms with Crippen molar-refractivity contribution in [2.45, 2.75) is 26.4 Å². The van der Waals surface area contributed by atoms with E-state index in [0.29, 0.717) is 41.1 Å². The normalized spacial score (nSPS) is 15.8. The van der Waals surface area contributed by atoms with Crippen LogP contribution in [0, 0.1) is 11.7 Å². The zero-order valence-electron chi connectivity index (χ0n) is 21.7. The Kier molecular flexibility index (Phi) is 6.13. The summed E-state index contributed by atoms with van der Waals surface area (Å²) in [5, 5.41) is 0.0698. The average Bonchev–Trinajstić information content (AvgIpc) is 3.50. The van der Waals surface area contributed by atoms with Crippen molar-refractivity contribution in [2.24, 2.45) is 5.92 Å². The molecule has 9 heteroatoms. The van der Waals surface area contributed by atoms with E-state index in [1.807, 2.05) is 19.9 Å². The predicted octanol–water partition coefficient (Wildman–Crippen LogP) is 5.45. The minimum atomic E-state index is -0.810. The van der Waals surface area contributed by atoms with E-state index in [9.17, 15) is 14.0 Å². The molecular weight excluding hydrogens is 505 g/mol. The molecule has 1 atom stereocenters. The van der Waals surface area contributed by atoms with Crippen LogP contribution in [0.5, 0.6) is 23.0 Å². The molecule has 2 aliphatic rings. The Hall–Kier alpha value is -4.53. The first-order valence-electron chi connectivity index (χ1n) is 12.6. The van der Waals surface area contributed by atoms with Crippen LogP contribution < -0.4 is 24.4 Å². The molecule has 0 radical (unpaired) electrons. The summed E-state index contributed by atoms with van der Waals surface area (Å²) in [6, 6.07) is 13.6. The molecule has 2 aliphatic heterocycles. The largest absolute Gasteiger partial charge is 0.493 e. The molecule has 3 aromatic carbocycles. The number of halogens is 1. The summed E-state index contributed by atoms with van der Waals surface area (Å²) in [5.74, 6) is 1.45. The van der Waals surface area contributed by atoms with Gasteiger partial charge in [0.25, 0.3) is 5.91 Å². The molecule has 8 nitrogen and oxygen atoms in total. The van der Waals surface area contributed by atoms with Gasteiger partial charge in [0, 0.05) is 6.54 Å². The molecular formula is C30H26FNO7. The lowest BCUT2D eigenvalue weighted by atomic mass is 9.97. The van der Waals surface area contributed by atoms with Gasteiger partial charge in [0.2, 0.25) is 12.6 Å². The number of hydrogen-bond donors (Lipinski definition) is 0. The highest BCUT2D eigenvalue weighted by atomic mass is 19.1. The standard InChI is InChI=1S/C30H26FNO7/c1-16(2)14-36-22-8-5-18(11-24(22)35-3)27-26-28(33)20-12-19(31)6-9-21(20)39-29(26)30(34)32(27)13-17-4-7-23-25(10-17)38-15-37-23/h4-12,16,27H,13-15H2,1-3H3/t27-/m1/s1. The zero-order valence-corrected chi connectivity index (χ0v) is 21.7. The van der Waals surface area contributed by atoms with Gasteiger partial charge < -0.3 is 28.3 Å². The smallest absolute Gasteiger partial charge is 0.291 e. The van der Waals surface area contributed by atoms with Gasteiger partial charge in [-0.1, -0.05) is 26.0 Å². The highest BCUT2D eigenvalue weighted by Crippen LogP contribution is 2.42. The van der Waals surface area contributed by atoms with Crippen LogP contribution >= 0.6 is 0 Å². The fourth-order valence-electron chi connectivity index (χ4n) is 4.97. The molecule has 0 spiro atoms. The van der Waals surface area contributed by atoms with Crippen molar-refractivity contribution < 1.29 is 32.5 Å². The Bertz CT molecular complexity index is 1660. The molecule has 0 aliphatic carbocycles. The Labute approximate surface area is 223 Å². The van der Waals surface area contributed by atoms with Gasteiger partial charge in [-0.2, -0.15) is 0 Å². The van der Waals surface area contributed by atoms with Crippen molar-refractivity contribution in [3.63, 3.8) is 0 Å². The van der Waals surface area contributed by atoms with E-state index in [-0.39, 0.29) is 35.6 Å². The maximum absolute atomic E-state index is 14.1. The monoisotopic (exact) mass is 531 g/mol. The molecule has 1 amide bonds. The number of benzene rings is 3. The van der Waals surface area contributed by atoms with E-state index in [1.165, 1.54) is 19.2 Å². The third-order valence-electron chi connectivity index (χ3n) is 6.79. The van der Waals surface area contributed by atoms with Crippen LogP contribution in [0.2, 0.25) is 0 Å². The van der Waals surface area contributed by atoms with Crippen molar-refractivity contribution in [3.8, 4) is 23.0 Å². The van der Waals surface area contributed by atoms with Crippen LogP contribution in [0.25, 0.3) is 11.0 Å². The lowest BCUT2D eigenvalue weighted by Gasteiger charge is -2.26. The summed E-state index contributed by atoms with van der Waals surface area (Å²) in [7, 11) is 1.53. The minimum Gasteiger partial charge on any atom is -0.493 e. The molecule has 39 heavy (non-hydrogen) atoms. The predicted molar refractivity (Wildman–Crippen MR) is 140 cm³/mol. The van der Waals surface area contributed by atoms with Crippen LogP contribution in [-0.4, -0.2) is 31.3 Å². The molecule has 200 valence electrons. The summed E-state index contributed by atoms with van der Waals surface area (Å²) in [4.78, 5) is 29.1. The van der Waals surface area contributed by atoms with Crippen molar-refractivity contribution in [3.05, 3.63) is 93.1 Å². The van der Waals surface area contributed by atoms with Crippen molar-refractivity contribution >= 4 is 16.9 Å². The summed E-state index contributed by atoms with van der Waals surface area (Å²) in [6.07, 6.45) is 0. The minimum absolute atomic E-state index is 0.0658. The second-order valence-electron chi connectivity index (χ2n) is 9.95. The second-order valence-corrected chi connectivity index (χ2v) is 9.95. The molecule has 0 fully saturated rings. The number of hydrogen-bond acceptors (Lipinski definition) is 7. The van der Waals surface area contributed by atoms with Crippen LogP contribution in [-0.2, 0) is 6.54 Å². The van der Waals surface area contributed by atoms with Crippen molar-refractivity contribution in [2.75, 3.05) is 20.5 Å². The van der Waals surface area contributed by atoms with Crippen LogP contribution in [0.15, 0.2) is 63.8 Å². The van der Waals surface area contributed by atoms with E-state index < -0.39 is 23.2 Å². The fourth-order valence-corrected chi connectivity index (χ4v) is 4.97. The molecule has 0 unspecified atom stereocenters. The molecule has 0 N–H and O–H groups in total. The zero-order chi connectivity index (χ0) is 27.3. The third kappa shape index (κ3) is 4.33. The molecule has 3 heterocycles. The Morgan fingerprint density at radius 3 is 2.62 bits per heavy atom. The molecule has 0 saturated carbocycles. The van der Waals surface area contributed by atoms with E-state index in [1.54, 1.807) is 35.2 Å². The summed E-state index contributed by atoms with van der Waals surface area (Å²) in [6.45, 7) is 4.87. The Morgan fingerprint density at radius 2 is 1.82 bits per heavy atom. The maximum Gasteiger partial charge on any atom is 0.291 e. The van der Waals surface area contributed by atoms with Crippen molar-refractivity contribution in [1.29, 1.82) is 0 Å². The molecule has 0 bridgehead atoms. The highest BCUT2D eigenvalue weighted by molar-refractivity contribution is 5.99. The van der Waals surface area contributed by atoms with E-state index in [4.69, 9.17) is 23.4 Å². The number of methoxy groups -OCH3 is 1. The van der Waals surface area contributed by atoms with Gasteiger partial charge >= 0.3 is 0 Å². The van der Waals surface area contributed by atoms with Gasteiger partial charge in [-0.15, -0.1) is 0 Å². The number of ether oxygens (including phenoxy) is 4. The number of rotatable bonds is 7. The SMILES string of the molecule is COc1cc([C@@H]2c3c(oc4ccc(F)cc4c3=O)C(=O)N2Cc2ccc3c(c2)OCO3)ccc1OCC(C)C. The highest BCUT2D eigenvalue weighted by Gasteiger charge is 2.43. The molecule has 0 saturated heterocycles. The van der Waals surface area contributed by atoms with Gasteiger partial charge in [0.1, 0.15) is 11.4 Å². The van der Waals surface area contributed by atoms with Gasteiger partial charge in [-0.3, -0.25) is 9.59 Å². The summed E-state index contributed by atoms with van der Waals surface area (Å²) in [5.41, 5.74) is 1.23. The van der Waals surface area contributed by atoms with Gasteiger partial charge in [0.15, 0.2) is 28.4 Å². The van der Waals surface area contributed by atoms with Crippen LogP contribution in [0.3, 0.4) is 0 Å². The van der Waals surface area contributed by atoms with Gasteiger partial charge in [-0.05, 0) is 59.5 Å². The first-order chi connectivity index (χ1) is 18.8. The molecule has 1 aromatic heterocycles. The number of carbonyl (C=O) groups excluding carboxylic acids is 1. The third-order valence-corrected chi connectivity index (χ3v) is 6.79. The first-order valence-corrected chi connectivity index (χ1v) is 12.6. The molecule has 4 aromatic rings. The second kappa shape index (κ2) is 9.65. The van der Waals surface area contributed by atoms with Gasteiger partial charge in [0.05, 0.1) is 30.7 Å². The number of nitrogens with zero attached hydrogens (tertiary/aromatic N) is 1. The Balaban J connectivity index is 1.49. The maximum atomic E-state index is 14.1. The van der Waals surface area contributed by atoms with E-state index in [2.05, 4.69) is 0 Å². The van der Waals surface area contributed by atoms with Crippen molar-refractivity contribution in [1.82, 2.24) is 4.90 Å². The van der Waals surface area contributed by atoms with E-state index >= 15 is 0 Å². The van der Waals surface area contributed by atoms with E-state index in [0.717, 1.165) is 11.6 Å². The Morgan fingerprint density at radius 1 is 1.00 bits per heavy atom. The topological polar surface area (TPSA) is 87.4 Å². The lowest BCUT2D eigenvalue weighted by Crippen LogP contribution is -2.29. The lowest BCUT2D eigenvalue weighted by molar-refractivity contribution is 0.0714. The fraction of sp³-hybridized carbons (Fsp3) is 0.267. The quantitative estimate of drug-likeness (QED) is 0.313.